The standard InChI is InChI=1S/C17H8O6.C15H6O5.C13H10O5.C11H4O5.C10H8O5/c18-14-7-15(19)12-5-8(1-3-10(12)14)22-9-2-4-11-13(6-9)17(21)23-16(11)20;1-6-7-2-3-9-12-10(15(18)20-14(9)17)5-4-8(11(7)12)13(16)19-6;1-4-7-5-2-3-6(8(7)11(14)17-4)10-9(5)12(15)18-13(10)16;12-8-3-9(13)5-2-7-6(1-4(5)8)10(14)16-11(7)15;1-3-4-2-5-7(6(4)9(12)14-3)10(13)15-8(5)11/h1-6H,7H2;2-5H,1H2;2-3,5-10H,1H2;1-2H,3H2;4-7H,1-2H2. The van der Waals surface area contributed by atoms with Crippen molar-refractivity contribution in [1.29, 1.82) is 0 Å². The zero-order chi connectivity index (χ0) is 64.9. The van der Waals surface area contributed by atoms with E-state index in [0.717, 1.165) is 0 Å². The molecule has 6 aliphatic carbocycles. The molecule has 456 valence electrons. The summed E-state index contributed by atoms with van der Waals surface area (Å²) in [6.45, 7) is 11.1. The van der Waals surface area contributed by atoms with Crippen LogP contribution in [0.15, 0.2) is 119 Å². The summed E-state index contributed by atoms with van der Waals surface area (Å²) in [6.07, 6.45) is 3.88. The Labute approximate surface area is 511 Å². The zero-order valence-electron chi connectivity index (χ0n) is 46.7. The molecule has 0 spiro atoms. The lowest BCUT2D eigenvalue weighted by atomic mass is 9.54. The van der Waals surface area contributed by atoms with Gasteiger partial charge in [-0.05, 0) is 79.2 Å². The lowest BCUT2D eigenvalue weighted by molar-refractivity contribution is -0.157. The van der Waals surface area contributed by atoms with E-state index in [1.807, 2.05) is 12.2 Å². The number of Topliss-reactive ketones (excluding diaryl/α,β-unsaturated/α-hetero) is 4. The number of benzene rings is 5. The molecule has 10 atom stereocenters. The van der Waals surface area contributed by atoms with Gasteiger partial charge in [-0.2, -0.15) is 0 Å². The first-order valence-corrected chi connectivity index (χ1v) is 27.9. The first-order valence-electron chi connectivity index (χ1n) is 27.9. The largest absolute Gasteiger partial charge is 0.457 e. The minimum Gasteiger partial charge on any atom is -0.457 e. The Bertz CT molecular complexity index is 4520. The summed E-state index contributed by atoms with van der Waals surface area (Å²) in [4.78, 5) is 196. The molecule has 26 heteroatoms. The average molecular weight is 1240 g/mol. The highest BCUT2D eigenvalue weighted by molar-refractivity contribution is 6.28. The third-order valence-electron chi connectivity index (χ3n) is 18.1. The van der Waals surface area contributed by atoms with Crippen LogP contribution in [0.2, 0.25) is 0 Å². The van der Waals surface area contributed by atoms with E-state index >= 15 is 0 Å². The summed E-state index contributed by atoms with van der Waals surface area (Å²) in [5.41, 5.74) is 1.79. The number of cyclic esters (lactones) is 12. The molecule has 19 rings (SSSR count). The molecule has 26 nitrogen and oxygen atoms in total. The maximum Gasteiger partial charge on any atom is 0.347 e. The molecule has 13 aliphatic rings. The Morgan fingerprint density at radius 1 is 0.337 bits per heavy atom. The highest BCUT2D eigenvalue weighted by Crippen LogP contribution is 2.59. The molecule has 4 saturated heterocycles. The summed E-state index contributed by atoms with van der Waals surface area (Å²) in [7, 11) is 0. The van der Waals surface area contributed by atoms with Crippen LogP contribution in [0.1, 0.15) is 123 Å². The number of rotatable bonds is 2. The van der Waals surface area contributed by atoms with E-state index in [0.29, 0.717) is 62.1 Å². The monoisotopic (exact) mass is 1240 g/mol. The van der Waals surface area contributed by atoms with Crippen LogP contribution in [0.3, 0.4) is 0 Å². The van der Waals surface area contributed by atoms with Gasteiger partial charge in [0.25, 0.3) is 0 Å². The van der Waals surface area contributed by atoms with E-state index in [-0.39, 0.29) is 121 Å². The van der Waals surface area contributed by atoms with Gasteiger partial charge in [0.15, 0.2) is 23.1 Å². The van der Waals surface area contributed by atoms with Crippen LogP contribution in [0, 0.1) is 59.2 Å². The molecule has 0 amide bonds. The molecule has 0 radical (unpaired) electrons. The summed E-state index contributed by atoms with van der Waals surface area (Å²) in [6, 6.07) is 17.7. The van der Waals surface area contributed by atoms with E-state index in [1.165, 1.54) is 48.5 Å². The number of carbonyl (C=O) groups is 16. The van der Waals surface area contributed by atoms with Crippen molar-refractivity contribution in [2.24, 2.45) is 59.2 Å². The van der Waals surface area contributed by atoms with Gasteiger partial charge in [0.2, 0.25) is 0 Å². The minimum atomic E-state index is -0.769. The molecule has 1 aromatic heterocycles. The quantitative estimate of drug-likeness (QED) is 0.0937. The summed E-state index contributed by atoms with van der Waals surface area (Å²) in [5, 5.41) is 1.86. The molecule has 7 aliphatic heterocycles. The SMILES string of the molecule is C=C1OC(=O)C2C1CC1C(=O)OC(=O)C12.C=C1OC(=O)C2C3C=CC(C12)C1C(=O)OC(=O)C31.C=c1oc(=O)c2ccc3c4c(ccc1c42)C(=O)OC3=O.O=C1CC(=O)c2cc(Oc3ccc4c(c3)C(=O)OC4=O)ccc21.O=C1CC(=O)c2cc3c(cc21)C(=O)OC3=O. The van der Waals surface area contributed by atoms with Crippen molar-refractivity contribution in [1.82, 2.24) is 0 Å². The lowest BCUT2D eigenvalue weighted by Crippen LogP contribution is -2.49. The molecular weight excluding hydrogens is 1210 g/mol. The third-order valence-corrected chi connectivity index (χ3v) is 18.1. The molecule has 92 heavy (non-hydrogen) atoms. The molecule has 6 aromatic rings. The van der Waals surface area contributed by atoms with E-state index in [1.54, 1.807) is 24.3 Å². The van der Waals surface area contributed by atoms with Crippen LogP contribution < -0.4 is 15.8 Å². The fraction of sp³-hybridized carbons (Fsp3) is 0.197. The number of hydrogen-bond acceptors (Lipinski definition) is 26. The Morgan fingerprint density at radius 3 is 1.33 bits per heavy atom. The Hall–Kier alpha value is -12.1. The highest BCUT2D eigenvalue weighted by atomic mass is 16.6. The average Bonchev–Trinajstić information content (AvgIpc) is 1.11. The van der Waals surface area contributed by atoms with Crippen LogP contribution in [0.25, 0.3) is 28.1 Å². The Kier molecular flexibility index (Phi) is 13.0. The molecule has 8 heterocycles. The van der Waals surface area contributed by atoms with Crippen LogP contribution in [0.5, 0.6) is 11.5 Å². The number of fused-ring (bicyclic) bond motifs is 7. The predicted octanol–water partition coefficient (Wildman–Crippen LogP) is 5.14. The number of ether oxygens (including phenoxy) is 8. The van der Waals surface area contributed by atoms with Crippen molar-refractivity contribution in [3.63, 3.8) is 0 Å². The smallest absolute Gasteiger partial charge is 0.347 e. The molecule has 0 N–H and O–H groups in total. The van der Waals surface area contributed by atoms with E-state index in [9.17, 15) is 81.5 Å². The second-order valence-corrected chi connectivity index (χ2v) is 22.8. The van der Waals surface area contributed by atoms with E-state index in [2.05, 4.69) is 38.7 Å². The van der Waals surface area contributed by atoms with E-state index < -0.39 is 101 Å². The van der Waals surface area contributed by atoms with Gasteiger partial charge in [-0.1, -0.05) is 31.9 Å². The number of esters is 12. The maximum absolute atomic E-state index is 11.9. The van der Waals surface area contributed by atoms with Crippen LogP contribution in [-0.4, -0.2) is 94.8 Å². The van der Waals surface area contributed by atoms with Crippen molar-refractivity contribution in [2.45, 2.75) is 19.3 Å². The first kappa shape index (κ1) is 57.6. The Morgan fingerprint density at radius 2 is 0.739 bits per heavy atom. The zero-order valence-corrected chi connectivity index (χ0v) is 46.7. The predicted molar refractivity (Wildman–Crippen MR) is 297 cm³/mol. The Balaban J connectivity index is 0.000000101. The van der Waals surface area contributed by atoms with Crippen molar-refractivity contribution >= 4 is 123 Å². The van der Waals surface area contributed by atoms with Crippen molar-refractivity contribution in [3.05, 3.63) is 181 Å². The van der Waals surface area contributed by atoms with Crippen molar-refractivity contribution in [3.8, 4) is 11.5 Å². The summed E-state index contributed by atoms with van der Waals surface area (Å²) >= 11 is 0. The van der Waals surface area contributed by atoms with Gasteiger partial charge in [-0.15, -0.1) is 0 Å². The molecule has 2 saturated carbocycles. The maximum atomic E-state index is 11.9. The second-order valence-electron chi connectivity index (χ2n) is 22.8. The third kappa shape index (κ3) is 8.79. The minimum absolute atomic E-state index is 0.0619. The summed E-state index contributed by atoms with van der Waals surface area (Å²) in [5.74, 6) is -10.8. The fourth-order valence-electron chi connectivity index (χ4n) is 14.0. The van der Waals surface area contributed by atoms with E-state index in [4.69, 9.17) is 23.4 Å². The van der Waals surface area contributed by atoms with Crippen LogP contribution >= 0.6 is 0 Å². The molecule has 2 bridgehead atoms. The lowest BCUT2D eigenvalue weighted by Gasteiger charge is -2.43. The number of hydrogen-bond donors (Lipinski definition) is 0. The second kappa shape index (κ2) is 20.8. The normalized spacial score (nSPS) is 26.3. The topological polar surface area (TPSA) is 377 Å². The fourth-order valence-corrected chi connectivity index (χ4v) is 14.0. The van der Waals surface area contributed by atoms with Crippen molar-refractivity contribution in [2.75, 3.05) is 0 Å². The molecule has 6 fully saturated rings. The van der Waals surface area contributed by atoms with Gasteiger partial charge < -0.3 is 42.3 Å². The first-order chi connectivity index (χ1) is 43.9. The van der Waals surface area contributed by atoms with Crippen LogP contribution in [0.4, 0.5) is 0 Å². The number of ketones is 4. The van der Waals surface area contributed by atoms with Gasteiger partial charge in [0, 0.05) is 62.1 Å². The van der Waals surface area contributed by atoms with Crippen LogP contribution in [-0.2, 0) is 61.9 Å². The summed E-state index contributed by atoms with van der Waals surface area (Å²) < 4.78 is 43.4. The molecular formula is C66H36O26. The van der Waals surface area contributed by atoms with Gasteiger partial charge in [-0.3, -0.25) is 47.9 Å². The van der Waals surface area contributed by atoms with Gasteiger partial charge in [0.1, 0.15) is 28.4 Å². The van der Waals surface area contributed by atoms with Gasteiger partial charge in [0.05, 0.1) is 87.1 Å². The van der Waals surface area contributed by atoms with Crippen molar-refractivity contribution < 1.29 is 119 Å². The van der Waals surface area contributed by atoms with Gasteiger partial charge in [-0.25, -0.2) is 33.6 Å². The number of allylic oxidation sites excluding steroid dienone is 4. The van der Waals surface area contributed by atoms with Gasteiger partial charge >= 0.3 is 77.3 Å². The highest BCUT2D eigenvalue weighted by Gasteiger charge is 2.66. The molecule has 5 aromatic carbocycles. The number of carbonyl (C=O) groups excluding carboxylic acids is 16. The molecule has 10 unspecified atom stereocenters.